The van der Waals surface area contributed by atoms with Gasteiger partial charge in [-0.15, -0.1) is 0 Å². The number of hydrogen-bond donors (Lipinski definition) is 0. The molecule has 0 spiro atoms. The predicted molar refractivity (Wildman–Crippen MR) is 73.7 cm³/mol. The monoisotopic (exact) mass is 342 g/mol. The fourth-order valence-corrected chi connectivity index (χ4v) is 3.21. The zero-order chi connectivity index (χ0) is 17.1. The Morgan fingerprint density at radius 3 is 2.58 bits per heavy atom. The molecule has 1 saturated heterocycles. The van der Waals surface area contributed by atoms with Gasteiger partial charge in [-0.1, -0.05) is 0 Å². The van der Waals surface area contributed by atoms with Crippen molar-refractivity contribution in [1.29, 1.82) is 0 Å². The first-order valence-electron chi connectivity index (χ1n) is 7.48. The fraction of sp³-hybridized carbons (Fsp3) is 0.467. The zero-order valence-electron chi connectivity index (χ0n) is 12.4. The van der Waals surface area contributed by atoms with E-state index in [2.05, 4.69) is 0 Å². The van der Waals surface area contributed by atoms with Gasteiger partial charge in [0.25, 0.3) is 11.8 Å². The standard InChI is InChI=1S/C15H13F3N2O4/c16-15(17,18)6-19-7-23-10-4-9-11(5-8(10)13(19)21)24-12-2-1-3-20(12)14(9)22/h4-5,12H,1-3,6-7H2. The highest BCUT2D eigenvalue weighted by atomic mass is 19.4. The number of alkyl halides is 3. The summed E-state index contributed by atoms with van der Waals surface area (Å²) >= 11 is 0. The number of halogens is 3. The molecule has 0 bridgehead atoms. The van der Waals surface area contributed by atoms with Gasteiger partial charge in [-0.25, -0.2) is 0 Å². The quantitative estimate of drug-likeness (QED) is 0.783. The lowest BCUT2D eigenvalue weighted by molar-refractivity contribution is -0.146. The van der Waals surface area contributed by atoms with E-state index in [0.29, 0.717) is 17.9 Å². The molecule has 9 heteroatoms. The summed E-state index contributed by atoms with van der Waals surface area (Å²) in [4.78, 5) is 26.9. The van der Waals surface area contributed by atoms with Gasteiger partial charge in [0.05, 0.1) is 11.1 Å². The van der Waals surface area contributed by atoms with Gasteiger partial charge >= 0.3 is 6.18 Å². The summed E-state index contributed by atoms with van der Waals surface area (Å²) < 4.78 is 48.6. The minimum atomic E-state index is -4.51. The van der Waals surface area contributed by atoms with Crippen molar-refractivity contribution in [2.24, 2.45) is 0 Å². The third-order valence-corrected chi connectivity index (χ3v) is 4.30. The molecule has 1 fully saturated rings. The molecule has 4 rings (SSSR count). The van der Waals surface area contributed by atoms with Crippen LogP contribution in [0.4, 0.5) is 13.2 Å². The molecule has 2 amide bonds. The second-order valence-electron chi connectivity index (χ2n) is 5.95. The SMILES string of the molecule is O=C1c2cc3c(cc2OCN1CC(F)(F)F)C(=O)N1CCCC1O3. The van der Waals surface area contributed by atoms with Crippen molar-refractivity contribution < 1.29 is 32.2 Å². The molecule has 0 radical (unpaired) electrons. The molecule has 24 heavy (non-hydrogen) atoms. The Hall–Kier alpha value is -2.45. The number of carbonyl (C=O) groups excluding carboxylic acids is 2. The van der Waals surface area contributed by atoms with Crippen LogP contribution in [-0.4, -0.2) is 53.8 Å². The summed E-state index contributed by atoms with van der Waals surface area (Å²) in [6.07, 6.45) is -3.39. The van der Waals surface area contributed by atoms with E-state index in [-0.39, 0.29) is 34.8 Å². The molecule has 1 aromatic carbocycles. The van der Waals surface area contributed by atoms with Crippen LogP contribution in [0.5, 0.6) is 11.5 Å². The van der Waals surface area contributed by atoms with Gasteiger partial charge in [0.2, 0.25) is 0 Å². The van der Waals surface area contributed by atoms with E-state index in [1.54, 1.807) is 4.90 Å². The highest BCUT2D eigenvalue weighted by molar-refractivity contribution is 6.03. The highest BCUT2D eigenvalue weighted by Gasteiger charge is 2.41. The molecule has 0 saturated carbocycles. The van der Waals surface area contributed by atoms with Crippen molar-refractivity contribution in [2.75, 3.05) is 19.8 Å². The number of benzene rings is 1. The van der Waals surface area contributed by atoms with Crippen LogP contribution in [0.3, 0.4) is 0 Å². The van der Waals surface area contributed by atoms with Gasteiger partial charge in [-0.2, -0.15) is 13.2 Å². The maximum absolute atomic E-state index is 12.5. The number of ether oxygens (including phenoxy) is 2. The lowest BCUT2D eigenvalue weighted by Crippen LogP contribution is -2.45. The largest absolute Gasteiger partial charge is 0.472 e. The first-order valence-corrected chi connectivity index (χ1v) is 7.48. The van der Waals surface area contributed by atoms with Crippen molar-refractivity contribution in [1.82, 2.24) is 9.80 Å². The number of amides is 2. The Labute approximate surface area is 134 Å². The van der Waals surface area contributed by atoms with Crippen LogP contribution in [0.2, 0.25) is 0 Å². The first kappa shape index (κ1) is 15.1. The Kier molecular flexibility index (Phi) is 3.16. The van der Waals surface area contributed by atoms with Gasteiger partial charge in [0.1, 0.15) is 18.0 Å². The molecule has 0 aromatic heterocycles. The average Bonchev–Trinajstić information content (AvgIpc) is 2.97. The number of nitrogens with zero attached hydrogens (tertiary/aromatic N) is 2. The van der Waals surface area contributed by atoms with Gasteiger partial charge in [-0.3, -0.25) is 14.5 Å². The summed E-state index contributed by atoms with van der Waals surface area (Å²) in [7, 11) is 0. The zero-order valence-corrected chi connectivity index (χ0v) is 12.4. The topological polar surface area (TPSA) is 59.1 Å². The number of hydrogen-bond acceptors (Lipinski definition) is 4. The first-order chi connectivity index (χ1) is 11.3. The number of fused-ring (bicyclic) bond motifs is 3. The molecule has 3 heterocycles. The van der Waals surface area contributed by atoms with Crippen molar-refractivity contribution in [2.45, 2.75) is 25.2 Å². The van der Waals surface area contributed by atoms with Crippen LogP contribution < -0.4 is 9.47 Å². The van der Waals surface area contributed by atoms with Crippen LogP contribution in [0.1, 0.15) is 33.6 Å². The van der Waals surface area contributed by atoms with Gasteiger partial charge in [0.15, 0.2) is 13.0 Å². The molecule has 1 unspecified atom stereocenters. The molecular formula is C15H13F3N2O4. The fourth-order valence-electron chi connectivity index (χ4n) is 3.21. The van der Waals surface area contributed by atoms with E-state index in [1.807, 2.05) is 0 Å². The van der Waals surface area contributed by atoms with E-state index >= 15 is 0 Å². The normalized spacial score (nSPS) is 22.5. The van der Waals surface area contributed by atoms with Gasteiger partial charge < -0.3 is 14.4 Å². The molecule has 128 valence electrons. The molecule has 3 aliphatic heterocycles. The molecule has 1 aromatic rings. The molecular weight excluding hydrogens is 329 g/mol. The van der Waals surface area contributed by atoms with E-state index in [9.17, 15) is 22.8 Å². The second kappa shape index (κ2) is 5.02. The third kappa shape index (κ3) is 2.35. The number of rotatable bonds is 1. The molecule has 3 aliphatic rings. The van der Waals surface area contributed by atoms with Crippen LogP contribution in [-0.2, 0) is 0 Å². The lowest BCUT2D eigenvalue weighted by Gasteiger charge is -2.34. The van der Waals surface area contributed by atoms with Crippen LogP contribution in [0.25, 0.3) is 0 Å². The summed E-state index contributed by atoms with van der Waals surface area (Å²) in [6, 6.07) is 2.69. The Balaban J connectivity index is 1.69. The minimum absolute atomic E-state index is 0.0245. The summed E-state index contributed by atoms with van der Waals surface area (Å²) in [5.41, 5.74) is 0.243. The maximum atomic E-state index is 12.5. The van der Waals surface area contributed by atoms with E-state index < -0.39 is 25.4 Å². The molecule has 6 nitrogen and oxygen atoms in total. The van der Waals surface area contributed by atoms with E-state index in [4.69, 9.17) is 9.47 Å². The second-order valence-corrected chi connectivity index (χ2v) is 5.95. The van der Waals surface area contributed by atoms with Crippen molar-refractivity contribution >= 4 is 11.8 Å². The molecule has 0 N–H and O–H groups in total. The number of carbonyl (C=O) groups is 2. The smallest absolute Gasteiger partial charge is 0.406 e. The van der Waals surface area contributed by atoms with Crippen molar-refractivity contribution in [3.05, 3.63) is 23.3 Å². The van der Waals surface area contributed by atoms with Crippen LogP contribution >= 0.6 is 0 Å². The summed E-state index contributed by atoms with van der Waals surface area (Å²) in [5, 5.41) is 0. The van der Waals surface area contributed by atoms with Gasteiger partial charge in [-0.05, 0) is 18.6 Å². The third-order valence-electron chi connectivity index (χ3n) is 4.30. The van der Waals surface area contributed by atoms with E-state index in [1.165, 1.54) is 12.1 Å². The summed E-state index contributed by atoms with van der Waals surface area (Å²) in [6.45, 7) is -1.30. The van der Waals surface area contributed by atoms with Crippen molar-refractivity contribution in [3.8, 4) is 11.5 Å². The van der Waals surface area contributed by atoms with Crippen LogP contribution in [0.15, 0.2) is 12.1 Å². The van der Waals surface area contributed by atoms with Crippen LogP contribution in [0, 0.1) is 0 Å². The average molecular weight is 342 g/mol. The minimum Gasteiger partial charge on any atom is -0.472 e. The highest BCUT2D eigenvalue weighted by Crippen LogP contribution is 2.39. The predicted octanol–water partition coefficient (Wildman–Crippen LogP) is 2.00. The molecule has 1 atom stereocenters. The lowest BCUT2D eigenvalue weighted by atomic mass is 10.0. The Bertz CT molecular complexity index is 734. The Morgan fingerprint density at radius 1 is 1.12 bits per heavy atom. The van der Waals surface area contributed by atoms with E-state index in [0.717, 1.165) is 6.42 Å². The maximum Gasteiger partial charge on any atom is 0.406 e. The summed E-state index contributed by atoms with van der Waals surface area (Å²) in [5.74, 6) is -0.684. The van der Waals surface area contributed by atoms with Crippen molar-refractivity contribution in [3.63, 3.8) is 0 Å². The van der Waals surface area contributed by atoms with Gasteiger partial charge in [0, 0.05) is 13.0 Å². The Morgan fingerprint density at radius 2 is 1.83 bits per heavy atom. The molecule has 0 aliphatic carbocycles.